The predicted molar refractivity (Wildman–Crippen MR) is 85.5 cm³/mol. The highest BCUT2D eigenvalue weighted by atomic mass is 32.1. The van der Waals surface area contributed by atoms with Crippen molar-refractivity contribution in [2.45, 2.75) is 33.3 Å². The average Bonchev–Trinajstić information content (AvgIpc) is 2.36. The Hall–Kier alpha value is -1.89. The zero-order valence-electron chi connectivity index (χ0n) is 12.7. The molecule has 0 radical (unpaired) electrons. The monoisotopic (exact) mass is 311 g/mol. The summed E-state index contributed by atoms with van der Waals surface area (Å²) in [4.78, 5) is 15.8. The lowest BCUT2D eigenvalue weighted by Crippen LogP contribution is -2.29. The number of ether oxygens (including phenoxy) is 2. The molecule has 0 aliphatic heterocycles. The Kier molecular flexibility index (Phi) is 6.36. The quantitative estimate of drug-likeness (QED) is 0.637. The van der Waals surface area contributed by atoms with Crippen molar-refractivity contribution in [3.63, 3.8) is 0 Å². The molecule has 0 unspecified atom stereocenters. The SMILES string of the molecule is CCNC(=S)Nc1ncccc1OCC(=O)OC(C)(C)C. The van der Waals surface area contributed by atoms with E-state index < -0.39 is 11.6 Å². The molecule has 0 aliphatic rings. The molecule has 7 heteroatoms. The van der Waals surface area contributed by atoms with Crippen molar-refractivity contribution in [3.05, 3.63) is 18.3 Å². The fourth-order valence-electron chi connectivity index (χ4n) is 1.42. The molecule has 0 atom stereocenters. The van der Waals surface area contributed by atoms with Gasteiger partial charge in [-0.15, -0.1) is 0 Å². The minimum atomic E-state index is -0.539. The van der Waals surface area contributed by atoms with Crippen molar-refractivity contribution >= 4 is 29.1 Å². The first-order chi connectivity index (χ1) is 9.81. The number of carbonyl (C=O) groups is 1. The maximum Gasteiger partial charge on any atom is 0.344 e. The summed E-state index contributed by atoms with van der Waals surface area (Å²) in [6, 6.07) is 3.42. The third-order valence-corrected chi connectivity index (χ3v) is 2.35. The first-order valence-corrected chi connectivity index (χ1v) is 7.07. The number of nitrogens with zero attached hydrogens (tertiary/aromatic N) is 1. The Morgan fingerprint density at radius 1 is 1.43 bits per heavy atom. The van der Waals surface area contributed by atoms with Gasteiger partial charge in [-0.25, -0.2) is 9.78 Å². The summed E-state index contributed by atoms with van der Waals surface area (Å²) < 4.78 is 10.6. The van der Waals surface area contributed by atoms with E-state index in [1.807, 2.05) is 6.92 Å². The zero-order valence-corrected chi connectivity index (χ0v) is 13.5. The summed E-state index contributed by atoms with van der Waals surface area (Å²) in [5.74, 6) is 0.446. The fourth-order valence-corrected chi connectivity index (χ4v) is 1.66. The van der Waals surface area contributed by atoms with Gasteiger partial charge in [-0.3, -0.25) is 0 Å². The van der Waals surface area contributed by atoms with E-state index in [4.69, 9.17) is 21.7 Å². The molecule has 1 heterocycles. The normalized spacial score (nSPS) is 10.7. The van der Waals surface area contributed by atoms with Crippen LogP contribution in [0.15, 0.2) is 18.3 Å². The minimum absolute atomic E-state index is 0.189. The Balaban J connectivity index is 2.63. The van der Waals surface area contributed by atoms with Gasteiger partial charge in [0, 0.05) is 12.7 Å². The van der Waals surface area contributed by atoms with Crippen LogP contribution in [0.4, 0.5) is 5.82 Å². The number of nitrogens with one attached hydrogen (secondary N) is 2. The molecule has 0 spiro atoms. The van der Waals surface area contributed by atoms with Crippen LogP contribution in [0.25, 0.3) is 0 Å². The highest BCUT2D eigenvalue weighted by Gasteiger charge is 2.17. The van der Waals surface area contributed by atoms with Crippen LogP contribution >= 0.6 is 12.2 Å². The number of anilines is 1. The van der Waals surface area contributed by atoms with Crippen molar-refractivity contribution in [2.24, 2.45) is 0 Å². The lowest BCUT2D eigenvalue weighted by molar-refractivity contribution is -0.157. The minimum Gasteiger partial charge on any atom is -0.478 e. The molecule has 116 valence electrons. The molecule has 21 heavy (non-hydrogen) atoms. The maximum atomic E-state index is 11.6. The highest BCUT2D eigenvalue weighted by molar-refractivity contribution is 7.80. The van der Waals surface area contributed by atoms with Crippen molar-refractivity contribution in [1.82, 2.24) is 10.3 Å². The van der Waals surface area contributed by atoms with E-state index in [1.54, 1.807) is 39.1 Å². The summed E-state index contributed by atoms with van der Waals surface area (Å²) in [6.07, 6.45) is 1.61. The summed E-state index contributed by atoms with van der Waals surface area (Å²) in [5.41, 5.74) is -0.539. The van der Waals surface area contributed by atoms with E-state index in [9.17, 15) is 4.79 Å². The molecule has 6 nitrogen and oxygen atoms in total. The average molecular weight is 311 g/mol. The number of hydrogen-bond acceptors (Lipinski definition) is 5. The van der Waals surface area contributed by atoms with E-state index in [-0.39, 0.29) is 6.61 Å². The number of aromatic nitrogens is 1. The van der Waals surface area contributed by atoms with Gasteiger partial charge in [0.05, 0.1) is 0 Å². The Bertz CT molecular complexity index is 500. The van der Waals surface area contributed by atoms with Gasteiger partial charge in [0.2, 0.25) is 0 Å². The summed E-state index contributed by atoms with van der Waals surface area (Å²) >= 11 is 5.09. The first-order valence-electron chi connectivity index (χ1n) is 6.66. The van der Waals surface area contributed by atoms with Crippen LogP contribution in [0, 0.1) is 0 Å². The topological polar surface area (TPSA) is 72.5 Å². The molecule has 0 bridgehead atoms. The molecule has 2 N–H and O–H groups in total. The molecule has 1 aromatic heterocycles. The van der Waals surface area contributed by atoms with E-state index in [2.05, 4.69) is 15.6 Å². The lowest BCUT2D eigenvalue weighted by atomic mass is 10.2. The third kappa shape index (κ3) is 6.89. The largest absolute Gasteiger partial charge is 0.478 e. The van der Waals surface area contributed by atoms with Gasteiger partial charge in [0.1, 0.15) is 5.60 Å². The molecule has 0 aromatic carbocycles. The van der Waals surface area contributed by atoms with Gasteiger partial charge >= 0.3 is 5.97 Å². The molecule has 0 amide bonds. The number of thiocarbonyl (C=S) groups is 1. The molecule has 0 saturated heterocycles. The molecule has 1 aromatic rings. The van der Waals surface area contributed by atoms with E-state index in [0.29, 0.717) is 23.2 Å². The predicted octanol–water partition coefficient (Wildman–Crippen LogP) is 2.11. The van der Waals surface area contributed by atoms with Gasteiger partial charge in [0.15, 0.2) is 23.3 Å². The van der Waals surface area contributed by atoms with Crippen LogP contribution in [0.3, 0.4) is 0 Å². The molecular formula is C14H21N3O3S. The van der Waals surface area contributed by atoms with Crippen LogP contribution in [-0.4, -0.2) is 34.8 Å². The first kappa shape index (κ1) is 17.2. The highest BCUT2D eigenvalue weighted by Crippen LogP contribution is 2.21. The smallest absolute Gasteiger partial charge is 0.344 e. The van der Waals surface area contributed by atoms with Gasteiger partial charge in [-0.05, 0) is 52.0 Å². The standard InChI is InChI=1S/C14H21N3O3S/c1-5-15-13(21)17-12-10(7-6-8-16-12)19-9-11(18)20-14(2,3)4/h6-8H,5,9H2,1-4H3,(H2,15,16,17,21). The van der Waals surface area contributed by atoms with Crippen LogP contribution in [0.1, 0.15) is 27.7 Å². The van der Waals surface area contributed by atoms with Gasteiger partial charge in [-0.1, -0.05) is 0 Å². The second-order valence-corrected chi connectivity index (χ2v) is 5.62. The third-order valence-electron chi connectivity index (χ3n) is 2.11. The number of rotatable bonds is 5. The maximum absolute atomic E-state index is 11.6. The molecule has 0 saturated carbocycles. The second kappa shape index (κ2) is 7.78. The van der Waals surface area contributed by atoms with Crippen molar-refractivity contribution in [2.75, 3.05) is 18.5 Å². The molecule has 0 aliphatic carbocycles. The van der Waals surface area contributed by atoms with Gasteiger partial charge < -0.3 is 20.1 Å². The Morgan fingerprint density at radius 2 is 2.14 bits per heavy atom. The van der Waals surface area contributed by atoms with Crippen LogP contribution in [0.5, 0.6) is 5.75 Å². The molecular weight excluding hydrogens is 290 g/mol. The Morgan fingerprint density at radius 3 is 2.76 bits per heavy atom. The van der Waals surface area contributed by atoms with Gasteiger partial charge in [-0.2, -0.15) is 0 Å². The van der Waals surface area contributed by atoms with Crippen LogP contribution in [0.2, 0.25) is 0 Å². The second-order valence-electron chi connectivity index (χ2n) is 5.21. The number of pyridine rings is 1. The zero-order chi connectivity index (χ0) is 15.9. The Labute approximate surface area is 130 Å². The lowest BCUT2D eigenvalue weighted by Gasteiger charge is -2.19. The van der Waals surface area contributed by atoms with Crippen molar-refractivity contribution in [3.8, 4) is 5.75 Å². The summed E-state index contributed by atoms with van der Waals surface area (Å²) in [6.45, 7) is 7.86. The fraction of sp³-hybridized carbons (Fsp3) is 0.500. The van der Waals surface area contributed by atoms with Gasteiger partial charge in [0.25, 0.3) is 0 Å². The molecule has 1 rings (SSSR count). The number of hydrogen-bond donors (Lipinski definition) is 2. The van der Waals surface area contributed by atoms with E-state index in [0.717, 1.165) is 0 Å². The number of carbonyl (C=O) groups excluding carboxylic acids is 1. The van der Waals surface area contributed by atoms with Crippen molar-refractivity contribution < 1.29 is 14.3 Å². The number of esters is 1. The van der Waals surface area contributed by atoms with E-state index >= 15 is 0 Å². The van der Waals surface area contributed by atoms with Crippen LogP contribution in [-0.2, 0) is 9.53 Å². The molecule has 0 fully saturated rings. The van der Waals surface area contributed by atoms with Crippen molar-refractivity contribution in [1.29, 1.82) is 0 Å². The summed E-state index contributed by atoms with van der Waals surface area (Å²) in [5, 5.41) is 6.31. The van der Waals surface area contributed by atoms with E-state index in [1.165, 1.54) is 0 Å². The van der Waals surface area contributed by atoms with Crippen LogP contribution < -0.4 is 15.4 Å². The summed E-state index contributed by atoms with van der Waals surface area (Å²) in [7, 11) is 0.